The maximum absolute atomic E-state index is 15.1. The van der Waals surface area contributed by atoms with E-state index in [0.29, 0.717) is 53.0 Å². The molecule has 1 aliphatic heterocycles. The van der Waals surface area contributed by atoms with Crippen molar-refractivity contribution < 1.29 is 23.4 Å². The number of piperazine rings is 1. The Labute approximate surface area is 219 Å². The number of primary amides is 1. The standard InChI is InChI=1S/C27H31FN6O4/c1-16-11-18-20(32-16)5-6-22(25(18)28)38-26-19-12-23(36-3)24(13-21(19)30-15-31-26)37-10-4-7-33-8-9-34(27(29)35)14-17(33)2/h5-6,11-13,15,17,32H,4,7-10,14H2,1-3H3,(H2,29,35). The predicted octanol–water partition coefficient (Wildman–Crippen LogP) is 4.21. The average molecular weight is 523 g/mol. The summed E-state index contributed by atoms with van der Waals surface area (Å²) in [5.74, 6) is 0.872. The average Bonchev–Trinajstić information content (AvgIpc) is 3.29. The van der Waals surface area contributed by atoms with Crippen molar-refractivity contribution in [3.8, 4) is 23.1 Å². The number of carbonyl (C=O) groups excluding carboxylic acids is 1. The van der Waals surface area contributed by atoms with Gasteiger partial charge in [-0.3, -0.25) is 4.90 Å². The maximum atomic E-state index is 15.1. The van der Waals surface area contributed by atoms with Crippen molar-refractivity contribution in [2.75, 3.05) is 39.9 Å². The minimum absolute atomic E-state index is 0.0710. The lowest BCUT2D eigenvalue weighted by Crippen LogP contribution is -2.55. The normalized spacial score (nSPS) is 16.2. The summed E-state index contributed by atoms with van der Waals surface area (Å²) in [6.45, 7) is 7.30. The highest BCUT2D eigenvalue weighted by molar-refractivity contribution is 5.87. The van der Waals surface area contributed by atoms with Crippen molar-refractivity contribution in [1.82, 2.24) is 24.8 Å². The molecule has 200 valence electrons. The van der Waals surface area contributed by atoms with Gasteiger partial charge in [0, 0.05) is 54.9 Å². The molecular formula is C27H31FN6O4. The first-order chi connectivity index (χ1) is 18.3. The lowest BCUT2D eigenvalue weighted by atomic mass is 10.2. The van der Waals surface area contributed by atoms with Crippen LogP contribution in [0.15, 0.2) is 36.7 Å². The SMILES string of the molecule is COc1cc2c(Oc3ccc4[nH]c(C)cc4c3F)ncnc2cc1OCCCN1CCN(C(N)=O)CC1C. The van der Waals surface area contributed by atoms with Gasteiger partial charge in [0.05, 0.1) is 24.6 Å². The number of ether oxygens (including phenoxy) is 3. The van der Waals surface area contributed by atoms with E-state index in [1.54, 1.807) is 42.3 Å². The molecular weight excluding hydrogens is 491 g/mol. The number of nitrogens with zero attached hydrogens (tertiary/aromatic N) is 4. The zero-order valence-corrected chi connectivity index (χ0v) is 21.7. The molecule has 10 nitrogen and oxygen atoms in total. The van der Waals surface area contributed by atoms with Gasteiger partial charge in [0.1, 0.15) is 6.33 Å². The molecule has 5 rings (SSSR count). The summed E-state index contributed by atoms with van der Waals surface area (Å²) in [5.41, 5.74) is 7.55. The number of halogens is 1. The highest BCUT2D eigenvalue weighted by atomic mass is 19.1. The topological polar surface area (TPSA) is 119 Å². The number of aromatic amines is 1. The van der Waals surface area contributed by atoms with E-state index in [2.05, 4.69) is 26.8 Å². The van der Waals surface area contributed by atoms with Crippen LogP contribution in [-0.4, -0.2) is 76.7 Å². The maximum Gasteiger partial charge on any atom is 0.314 e. The molecule has 1 fully saturated rings. The summed E-state index contributed by atoms with van der Waals surface area (Å²) in [7, 11) is 1.56. The van der Waals surface area contributed by atoms with Crippen molar-refractivity contribution >= 4 is 27.8 Å². The smallest absolute Gasteiger partial charge is 0.314 e. The Morgan fingerprint density at radius 3 is 2.76 bits per heavy atom. The van der Waals surface area contributed by atoms with Crippen molar-refractivity contribution in [3.63, 3.8) is 0 Å². The van der Waals surface area contributed by atoms with Gasteiger partial charge in [-0.1, -0.05) is 0 Å². The molecule has 0 bridgehead atoms. The van der Waals surface area contributed by atoms with Crippen LogP contribution in [-0.2, 0) is 0 Å². The number of rotatable bonds is 8. The van der Waals surface area contributed by atoms with Crippen molar-refractivity contribution in [2.45, 2.75) is 26.3 Å². The third-order valence-electron chi connectivity index (χ3n) is 6.85. The highest BCUT2D eigenvalue weighted by Gasteiger charge is 2.25. The summed E-state index contributed by atoms with van der Waals surface area (Å²) in [4.78, 5) is 27.1. The quantitative estimate of drug-likeness (QED) is 0.333. The van der Waals surface area contributed by atoms with Gasteiger partial charge in [-0.15, -0.1) is 0 Å². The molecule has 38 heavy (non-hydrogen) atoms. The van der Waals surface area contributed by atoms with E-state index in [1.165, 1.54) is 6.33 Å². The molecule has 3 heterocycles. The lowest BCUT2D eigenvalue weighted by Gasteiger charge is -2.39. The number of fused-ring (bicyclic) bond motifs is 2. The van der Waals surface area contributed by atoms with Gasteiger partial charge in [-0.05, 0) is 44.5 Å². The number of aryl methyl sites for hydroxylation is 1. The molecule has 2 aromatic heterocycles. The molecule has 0 spiro atoms. The van der Waals surface area contributed by atoms with Crippen molar-refractivity contribution in [1.29, 1.82) is 0 Å². The summed E-state index contributed by atoms with van der Waals surface area (Å²) < 4.78 is 32.6. The van der Waals surface area contributed by atoms with Crippen LogP contribution >= 0.6 is 0 Å². The molecule has 2 aromatic carbocycles. The van der Waals surface area contributed by atoms with Crippen LogP contribution < -0.4 is 19.9 Å². The number of benzene rings is 2. The monoisotopic (exact) mass is 522 g/mol. The van der Waals surface area contributed by atoms with E-state index >= 15 is 4.39 Å². The van der Waals surface area contributed by atoms with Crippen LogP contribution in [0.25, 0.3) is 21.8 Å². The first kappa shape index (κ1) is 25.5. The molecule has 2 amide bonds. The Hall–Kier alpha value is -4.12. The molecule has 11 heteroatoms. The zero-order valence-electron chi connectivity index (χ0n) is 21.7. The van der Waals surface area contributed by atoms with E-state index in [4.69, 9.17) is 19.9 Å². The van der Waals surface area contributed by atoms with Crippen molar-refractivity contribution in [2.24, 2.45) is 5.73 Å². The number of nitrogens with two attached hydrogens (primary N) is 1. The van der Waals surface area contributed by atoms with Crippen molar-refractivity contribution in [3.05, 3.63) is 48.2 Å². The minimum atomic E-state index is -0.462. The zero-order chi connectivity index (χ0) is 26.8. The van der Waals surface area contributed by atoms with Gasteiger partial charge in [0.25, 0.3) is 0 Å². The van der Waals surface area contributed by atoms with Crippen LogP contribution in [0.4, 0.5) is 9.18 Å². The summed E-state index contributed by atoms with van der Waals surface area (Å²) >= 11 is 0. The van der Waals surface area contributed by atoms with Gasteiger partial charge in [-0.2, -0.15) is 0 Å². The van der Waals surface area contributed by atoms with E-state index in [0.717, 1.165) is 25.2 Å². The molecule has 1 aliphatic rings. The molecule has 0 radical (unpaired) electrons. The van der Waals surface area contributed by atoms with Gasteiger partial charge < -0.3 is 29.8 Å². The summed E-state index contributed by atoms with van der Waals surface area (Å²) in [5, 5.41) is 1.03. The number of carbonyl (C=O) groups is 1. The fourth-order valence-corrected chi connectivity index (χ4v) is 4.84. The van der Waals surface area contributed by atoms with Gasteiger partial charge in [-0.25, -0.2) is 19.2 Å². The Kier molecular flexibility index (Phi) is 7.19. The molecule has 4 aromatic rings. The van der Waals surface area contributed by atoms with Gasteiger partial charge in [0.2, 0.25) is 5.88 Å². The number of amides is 2. The first-order valence-electron chi connectivity index (χ1n) is 12.5. The summed E-state index contributed by atoms with van der Waals surface area (Å²) in [6.07, 6.45) is 2.17. The fourth-order valence-electron chi connectivity index (χ4n) is 4.84. The Bertz CT molecular complexity index is 1480. The van der Waals surface area contributed by atoms with E-state index in [-0.39, 0.29) is 23.7 Å². The molecule has 1 unspecified atom stereocenters. The number of methoxy groups -OCH3 is 1. The Balaban J connectivity index is 1.28. The van der Waals surface area contributed by atoms with Crippen LogP contribution in [0.2, 0.25) is 0 Å². The van der Waals surface area contributed by atoms with Crippen LogP contribution in [0.3, 0.4) is 0 Å². The highest BCUT2D eigenvalue weighted by Crippen LogP contribution is 2.37. The molecule has 3 N–H and O–H groups in total. The van der Waals surface area contributed by atoms with Crippen LogP contribution in [0.1, 0.15) is 19.0 Å². The number of H-pyrrole nitrogens is 1. The van der Waals surface area contributed by atoms with Gasteiger partial charge >= 0.3 is 6.03 Å². The molecule has 0 saturated carbocycles. The fraction of sp³-hybridized carbons (Fsp3) is 0.370. The van der Waals surface area contributed by atoms with Crippen LogP contribution in [0.5, 0.6) is 23.1 Å². The number of hydrogen-bond donors (Lipinski definition) is 2. The third kappa shape index (κ3) is 5.14. The number of aromatic nitrogens is 3. The Morgan fingerprint density at radius 2 is 2.00 bits per heavy atom. The molecule has 1 saturated heterocycles. The second-order valence-corrected chi connectivity index (χ2v) is 9.46. The molecule has 1 atom stereocenters. The van der Waals surface area contributed by atoms with Crippen LogP contribution in [0, 0.1) is 12.7 Å². The predicted molar refractivity (Wildman–Crippen MR) is 141 cm³/mol. The number of hydrogen-bond acceptors (Lipinski definition) is 7. The number of nitrogens with one attached hydrogen (secondary N) is 1. The van der Waals surface area contributed by atoms with Gasteiger partial charge in [0.15, 0.2) is 23.1 Å². The van der Waals surface area contributed by atoms with E-state index in [1.807, 2.05) is 6.92 Å². The minimum Gasteiger partial charge on any atom is -0.493 e. The largest absolute Gasteiger partial charge is 0.493 e. The summed E-state index contributed by atoms with van der Waals surface area (Å²) in [6, 6.07) is 8.45. The third-order valence-corrected chi connectivity index (χ3v) is 6.85. The second-order valence-electron chi connectivity index (χ2n) is 9.46. The Morgan fingerprint density at radius 1 is 1.16 bits per heavy atom. The van der Waals surface area contributed by atoms with E-state index < -0.39 is 5.82 Å². The molecule has 0 aliphatic carbocycles. The second kappa shape index (κ2) is 10.7. The first-order valence-corrected chi connectivity index (χ1v) is 12.5. The van der Waals surface area contributed by atoms with E-state index in [9.17, 15) is 4.79 Å². The lowest BCUT2D eigenvalue weighted by molar-refractivity contribution is 0.0962. The number of urea groups is 1.